The summed E-state index contributed by atoms with van der Waals surface area (Å²) in [5.41, 5.74) is 1.09. The maximum Gasteiger partial charge on any atom is 0.123 e. The van der Waals surface area contributed by atoms with E-state index in [1.54, 1.807) is 0 Å². The highest BCUT2D eigenvalue weighted by atomic mass is 15.1. The molecular formula is C9H17N3. The Morgan fingerprint density at radius 1 is 1.58 bits per heavy atom. The lowest BCUT2D eigenvalue weighted by Crippen LogP contribution is -2.13. The summed E-state index contributed by atoms with van der Waals surface area (Å²) in [4.78, 5) is 4.42. The summed E-state index contributed by atoms with van der Waals surface area (Å²) < 4.78 is 2.20. The van der Waals surface area contributed by atoms with Crippen LogP contribution in [0.5, 0.6) is 0 Å². The number of hydrogen-bond acceptors (Lipinski definition) is 2. The van der Waals surface area contributed by atoms with E-state index in [4.69, 9.17) is 0 Å². The lowest BCUT2D eigenvalue weighted by Gasteiger charge is -2.10. The Morgan fingerprint density at radius 3 is 2.75 bits per heavy atom. The Labute approximate surface area is 73.8 Å². The van der Waals surface area contributed by atoms with Gasteiger partial charge in [-0.2, -0.15) is 0 Å². The molecule has 0 bridgehead atoms. The van der Waals surface area contributed by atoms with Crippen LogP contribution in [0.25, 0.3) is 0 Å². The third kappa shape index (κ3) is 1.85. The van der Waals surface area contributed by atoms with Crippen molar-refractivity contribution >= 4 is 0 Å². The van der Waals surface area contributed by atoms with Crippen LogP contribution in [0.4, 0.5) is 0 Å². The molecule has 12 heavy (non-hydrogen) atoms. The smallest absolute Gasteiger partial charge is 0.123 e. The highest BCUT2D eigenvalue weighted by Crippen LogP contribution is 2.10. The molecule has 1 aromatic heterocycles. The van der Waals surface area contributed by atoms with E-state index in [9.17, 15) is 0 Å². The molecule has 0 saturated carbocycles. The molecule has 1 heterocycles. The zero-order chi connectivity index (χ0) is 9.14. The molecule has 0 spiro atoms. The van der Waals surface area contributed by atoms with Gasteiger partial charge in [-0.05, 0) is 27.8 Å². The molecule has 0 aliphatic carbocycles. The van der Waals surface area contributed by atoms with Crippen molar-refractivity contribution in [3.63, 3.8) is 0 Å². The summed E-state index contributed by atoms with van der Waals surface area (Å²) in [5, 5.41) is 3.11. The monoisotopic (exact) mass is 167 g/mol. The van der Waals surface area contributed by atoms with E-state index < -0.39 is 0 Å². The van der Waals surface area contributed by atoms with Crippen molar-refractivity contribution in [3.05, 3.63) is 17.7 Å². The second-order valence-electron chi connectivity index (χ2n) is 3.33. The highest BCUT2D eigenvalue weighted by Gasteiger charge is 2.06. The van der Waals surface area contributed by atoms with E-state index >= 15 is 0 Å². The van der Waals surface area contributed by atoms with E-state index in [0.717, 1.165) is 18.1 Å². The van der Waals surface area contributed by atoms with Crippen molar-refractivity contribution in [2.45, 2.75) is 33.4 Å². The highest BCUT2D eigenvalue weighted by molar-refractivity contribution is 5.03. The van der Waals surface area contributed by atoms with Crippen LogP contribution in [0.1, 0.15) is 31.4 Å². The van der Waals surface area contributed by atoms with Crippen LogP contribution in [0.3, 0.4) is 0 Å². The Kier molecular flexibility index (Phi) is 2.87. The number of imidazole rings is 1. The number of nitrogens with one attached hydrogen (secondary N) is 1. The number of nitrogens with zero attached hydrogens (tertiary/aromatic N) is 2. The van der Waals surface area contributed by atoms with E-state index in [1.165, 1.54) is 0 Å². The molecule has 0 aliphatic rings. The van der Waals surface area contributed by atoms with Gasteiger partial charge in [0.1, 0.15) is 5.82 Å². The molecule has 68 valence electrons. The SMILES string of the molecule is CNCc1nc(C)cn1C(C)C. The fraction of sp³-hybridized carbons (Fsp3) is 0.667. The number of rotatable bonds is 3. The minimum atomic E-state index is 0.495. The van der Waals surface area contributed by atoms with E-state index in [1.807, 2.05) is 14.0 Å². The maximum absolute atomic E-state index is 4.42. The Bertz CT molecular complexity index is 250. The van der Waals surface area contributed by atoms with E-state index in [0.29, 0.717) is 6.04 Å². The Balaban J connectivity index is 2.92. The predicted octanol–water partition coefficient (Wildman–Crippen LogP) is 1.49. The quantitative estimate of drug-likeness (QED) is 0.739. The maximum atomic E-state index is 4.42. The fourth-order valence-electron chi connectivity index (χ4n) is 1.30. The van der Waals surface area contributed by atoms with Crippen LogP contribution < -0.4 is 5.32 Å². The van der Waals surface area contributed by atoms with Gasteiger partial charge in [0.15, 0.2) is 0 Å². The van der Waals surface area contributed by atoms with Crippen molar-refractivity contribution in [2.75, 3.05) is 7.05 Å². The van der Waals surface area contributed by atoms with Gasteiger partial charge in [0.25, 0.3) is 0 Å². The van der Waals surface area contributed by atoms with Gasteiger partial charge < -0.3 is 9.88 Å². The molecule has 1 N–H and O–H groups in total. The minimum Gasteiger partial charge on any atom is -0.331 e. The summed E-state index contributed by atoms with van der Waals surface area (Å²) >= 11 is 0. The number of aryl methyl sites for hydroxylation is 1. The summed E-state index contributed by atoms with van der Waals surface area (Å²) in [6.45, 7) is 7.20. The lowest BCUT2D eigenvalue weighted by atomic mass is 10.4. The van der Waals surface area contributed by atoms with Crippen LogP contribution >= 0.6 is 0 Å². The third-order valence-electron chi connectivity index (χ3n) is 1.82. The Hall–Kier alpha value is -0.830. The molecule has 0 aliphatic heterocycles. The molecule has 3 heteroatoms. The van der Waals surface area contributed by atoms with Crippen LogP contribution in [-0.4, -0.2) is 16.6 Å². The van der Waals surface area contributed by atoms with E-state index in [-0.39, 0.29) is 0 Å². The first-order chi connectivity index (χ1) is 5.65. The molecular weight excluding hydrogens is 150 g/mol. The molecule has 0 amide bonds. The third-order valence-corrected chi connectivity index (χ3v) is 1.82. The molecule has 0 atom stereocenters. The molecule has 0 fully saturated rings. The van der Waals surface area contributed by atoms with Gasteiger partial charge in [-0.15, -0.1) is 0 Å². The van der Waals surface area contributed by atoms with Crippen molar-refractivity contribution in [3.8, 4) is 0 Å². The first-order valence-electron chi connectivity index (χ1n) is 4.34. The van der Waals surface area contributed by atoms with Gasteiger partial charge in [-0.1, -0.05) is 0 Å². The first-order valence-corrected chi connectivity index (χ1v) is 4.34. The fourth-order valence-corrected chi connectivity index (χ4v) is 1.30. The van der Waals surface area contributed by atoms with Crippen molar-refractivity contribution in [1.29, 1.82) is 0 Å². The van der Waals surface area contributed by atoms with Gasteiger partial charge in [0.2, 0.25) is 0 Å². The molecule has 1 rings (SSSR count). The summed E-state index contributed by atoms with van der Waals surface area (Å²) in [6, 6.07) is 0.495. The molecule has 0 aromatic carbocycles. The summed E-state index contributed by atoms with van der Waals surface area (Å²) in [5.74, 6) is 1.12. The normalized spacial score (nSPS) is 11.1. The topological polar surface area (TPSA) is 29.9 Å². The first kappa shape index (κ1) is 9.26. The van der Waals surface area contributed by atoms with Crippen LogP contribution in [0.15, 0.2) is 6.20 Å². The van der Waals surface area contributed by atoms with Gasteiger partial charge >= 0.3 is 0 Å². The number of aromatic nitrogens is 2. The largest absolute Gasteiger partial charge is 0.331 e. The van der Waals surface area contributed by atoms with Gasteiger partial charge in [0, 0.05) is 12.2 Å². The molecule has 0 saturated heterocycles. The van der Waals surface area contributed by atoms with Crippen LogP contribution in [0.2, 0.25) is 0 Å². The van der Waals surface area contributed by atoms with Crippen molar-refractivity contribution in [1.82, 2.24) is 14.9 Å². The van der Waals surface area contributed by atoms with Crippen molar-refractivity contribution < 1.29 is 0 Å². The zero-order valence-electron chi connectivity index (χ0n) is 8.26. The average Bonchev–Trinajstić information content (AvgIpc) is 2.32. The summed E-state index contributed by atoms with van der Waals surface area (Å²) in [6.07, 6.45) is 2.09. The molecule has 0 radical (unpaired) electrons. The zero-order valence-corrected chi connectivity index (χ0v) is 8.26. The second kappa shape index (κ2) is 3.72. The van der Waals surface area contributed by atoms with Gasteiger partial charge in [-0.25, -0.2) is 4.98 Å². The van der Waals surface area contributed by atoms with Gasteiger partial charge in [-0.3, -0.25) is 0 Å². The molecule has 0 unspecified atom stereocenters. The lowest BCUT2D eigenvalue weighted by molar-refractivity contribution is 0.555. The minimum absolute atomic E-state index is 0.495. The predicted molar refractivity (Wildman–Crippen MR) is 50.1 cm³/mol. The molecule has 1 aromatic rings. The Morgan fingerprint density at radius 2 is 2.25 bits per heavy atom. The average molecular weight is 167 g/mol. The van der Waals surface area contributed by atoms with Crippen LogP contribution in [-0.2, 0) is 6.54 Å². The second-order valence-corrected chi connectivity index (χ2v) is 3.33. The molecule has 3 nitrogen and oxygen atoms in total. The van der Waals surface area contributed by atoms with Crippen molar-refractivity contribution in [2.24, 2.45) is 0 Å². The van der Waals surface area contributed by atoms with E-state index in [2.05, 4.69) is 34.9 Å². The van der Waals surface area contributed by atoms with Crippen LogP contribution in [0, 0.1) is 6.92 Å². The van der Waals surface area contributed by atoms with Gasteiger partial charge in [0.05, 0.1) is 12.2 Å². The summed E-state index contributed by atoms with van der Waals surface area (Å²) in [7, 11) is 1.94. The number of hydrogen-bond donors (Lipinski definition) is 1. The standard InChI is InChI=1S/C9H17N3/c1-7(2)12-6-8(3)11-9(12)5-10-4/h6-7,10H,5H2,1-4H3.